The van der Waals surface area contributed by atoms with E-state index in [1.54, 1.807) is 0 Å². The molecule has 1 aromatic rings. The number of carboxylic acid groups (broad SMARTS) is 1. The van der Waals surface area contributed by atoms with Crippen molar-refractivity contribution in [3.05, 3.63) is 17.7 Å². The van der Waals surface area contributed by atoms with E-state index in [-0.39, 0.29) is 5.56 Å². The van der Waals surface area contributed by atoms with Crippen LogP contribution >= 0.6 is 0 Å². The summed E-state index contributed by atoms with van der Waals surface area (Å²) in [6, 6.07) is 2.90. The van der Waals surface area contributed by atoms with Gasteiger partial charge in [0.05, 0.1) is 33.2 Å². The van der Waals surface area contributed by atoms with Crippen molar-refractivity contribution in [2.45, 2.75) is 25.7 Å². The van der Waals surface area contributed by atoms with Gasteiger partial charge >= 0.3 is 5.97 Å². The summed E-state index contributed by atoms with van der Waals surface area (Å²) in [5, 5.41) is 9.27. The second-order valence-corrected chi connectivity index (χ2v) is 6.19. The molecule has 0 unspecified atom stereocenters. The fourth-order valence-electron chi connectivity index (χ4n) is 3.24. The monoisotopic (exact) mass is 380 g/mol. The summed E-state index contributed by atoms with van der Waals surface area (Å²) in [6.07, 6.45) is 2.48. The van der Waals surface area contributed by atoms with Crippen LogP contribution in [0.2, 0.25) is 0 Å². The Morgan fingerprint density at radius 1 is 0.926 bits per heavy atom. The van der Waals surface area contributed by atoms with Crippen LogP contribution in [0.25, 0.3) is 0 Å². The molecule has 1 aliphatic carbocycles. The Labute approximate surface area is 156 Å². The fourth-order valence-corrected chi connectivity index (χ4v) is 3.24. The molecule has 148 valence electrons. The summed E-state index contributed by atoms with van der Waals surface area (Å²) in [5.41, 5.74) is 4.82. The van der Waals surface area contributed by atoms with Crippen molar-refractivity contribution in [2.75, 3.05) is 21.3 Å². The molecule has 1 aliphatic rings. The normalized spacial score (nSPS) is 18.9. The van der Waals surface area contributed by atoms with Crippen LogP contribution in [0.3, 0.4) is 0 Å². The number of carbonyl (C=O) groups is 3. The van der Waals surface area contributed by atoms with E-state index in [9.17, 15) is 19.5 Å². The highest BCUT2D eigenvalue weighted by molar-refractivity contribution is 5.97. The molecule has 1 aromatic carbocycles. The Morgan fingerprint density at radius 3 is 1.96 bits per heavy atom. The number of rotatable bonds is 6. The molecule has 2 rings (SSSR count). The number of carboxylic acids is 1. The zero-order valence-corrected chi connectivity index (χ0v) is 15.5. The third-order valence-corrected chi connectivity index (χ3v) is 4.65. The quantitative estimate of drug-likeness (QED) is 0.637. The lowest BCUT2D eigenvalue weighted by Gasteiger charge is -2.27. The number of benzene rings is 1. The first-order valence-corrected chi connectivity index (χ1v) is 8.55. The Hall–Kier alpha value is -2.97. The van der Waals surface area contributed by atoms with Gasteiger partial charge < -0.3 is 19.3 Å². The molecular weight excluding hydrogens is 356 g/mol. The zero-order valence-electron chi connectivity index (χ0n) is 15.5. The van der Waals surface area contributed by atoms with Gasteiger partial charge in [-0.05, 0) is 25.0 Å². The van der Waals surface area contributed by atoms with Gasteiger partial charge in [-0.3, -0.25) is 25.2 Å². The molecular formula is C18H24N2O7. The first-order valence-electron chi connectivity index (χ1n) is 8.55. The zero-order chi connectivity index (χ0) is 20.0. The third kappa shape index (κ3) is 4.60. The summed E-state index contributed by atoms with van der Waals surface area (Å²) in [4.78, 5) is 36.0. The lowest BCUT2D eigenvalue weighted by Crippen LogP contribution is -2.47. The summed E-state index contributed by atoms with van der Waals surface area (Å²) in [6.45, 7) is 0. The maximum absolute atomic E-state index is 12.4. The average Bonchev–Trinajstić information content (AvgIpc) is 2.70. The maximum atomic E-state index is 12.4. The molecule has 27 heavy (non-hydrogen) atoms. The summed E-state index contributed by atoms with van der Waals surface area (Å²) in [7, 11) is 4.30. The van der Waals surface area contributed by atoms with E-state index in [2.05, 4.69) is 10.9 Å². The van der Waals surface area contributed by atoms with Crippen molar-refractivity contribution in [3.8, 4) is 17.2 Å². The molecule has 2 atom stereocenters. The molecule has 0 aromatic heterocycles. The van der Waals surface area contributed by atoms with E-state index in [0.717, 1.165) is 12.8 Å². The van der Waals surface area contributed by atoms with E-state index in [0.29, 0.717) is 30.1 Å². The van der Waals surface area contributed by atoms with Crippen LogP contribution in [0.15, 0.2) is 12.1 Å². The van der Waals surface area contributed by atoms with Crippen molar-refractivity contribution in [3.63, 3.8) is 0 Å². The van der Waals surface area contributed by atoms with Gasteiger partial charge in [0.25, 0.3) is 5.91 Å². The van der Waals surface area contributed by atoms with E-state index in [1.807, 2.05) is 0 Å². The number of aliphatic carboxylic acids is 1. The largest absolute Gasteiger partial charge is 0.493 e. The van der Waals surface area contributed by atoms with Crippen LogP contribution in [0.5, 0.6) is 17.2 Å². The predicted molar refractivity (Wildman–Crippen MR) is 94.8 cm³/mol. The van der Waals surface area contributed by atoms with Gasteiger partial charge in [0.2, 0.25) is 11.7 Å². The molecule has 0 radical (unpaired) electrons. The highest BCUT2D eigenvalue weighted by atomic mass is 16.5. The lowest BCUT2D eigenvalue weighted by atomic mass is 9.79. The minimum absolute atomic E-state index is 0.184. The van der Waals surface area contributed by atoms with Gasteiger partial charge in [-0.2, -0.15) is 0 Å². The Bertz CT molecular complexity index is 695. The molecule has 3 N–H and O–H groups in total. The van der Waals surface area contributed by atoms with Gasteiger partial charge in [0.15, 0.2) is 11.5 Å². The van der Waals surface area contributed by atoms with E-state index >= 15 is 0 Å². The standard InChI is InChI=1S/C18H24N2O7/c1-25-13-8-10(9-14(26-2)15(13)27-3)16(21)19-20-17(22)11-6-4-5-7-12(11)18(23)24/h8-9,11-12H,4-7H2,1-3H3,(H,19,21)(H,20,22)(H,23,24)/t11-,12+/m0/s1. The van der Waals surface area contributed by atoms with Crippen LogP contribution in [0.4, 0.5) is 0 Å². The first kappa shape index (κ1) is 20.3. The number of nitrogens with one attached hydrogen (secondary N) is 2. The van der Waals surface area contributed by atoms with Crippen molar-refractivity contribution in [2.24, 2.45) is 11.8 Å². The smallest absolute Gasteiger partial charge is 0.307 e. The summed E-state index contributed by atoms with van der Waals surface area (Å²) < 4.78 is 15.6. The highest BCUT2D eigenvalue weighted by Crippen LogP contribution is 2.38. The SMILES string of the molecule is COc1cc(C(=O)NNC(=O)[C@H]2CCCC[C@H]2C(=O)O)cc(OC)c1OC. The van der Waals surface area contributed by atoms with Crippen LogP contribution in [0, 0.1) is 11.8 Å². The molecule has 0 bridgehead atoms. The molecule has 0 aliphatic heterocycles. The molecule has 1 fully saturated rings. The van der Waals surface area contributed by atoms with Gasteiger partial charge in [0.1, 0.15) is 0 Å². The van der Waals surface area contributed by atoms with Crippen LogP contribution in [-0.4, -0.2) is 44.2 Å². The number of carbonyl (C=O) groups excluding carboxylic acids is 2. The number of hydrogen-bond donors (Lipinski definition) is 3. The molecule has 9 nitrogen and oxygen atoms in total. The Morgan fingerprint density at radius 2 is 1.48 bits per heavy atom. The molecule has 0 spiro atoms. The Balaban J connectivity index is 2.09. The van der Waals surface area contributed by atoms with Crippen LogP contribution in [0.1, 0.15) is 36.0 Å². The number of hydrogen-bond acceptors (Lipinski definition) is 6. The number of ether oxygens (including phenoxy) is 3. The predicted octanol–water partition coefficient (Wildman–Crippen LogP) is 1.36. The van der Waals surface area contributed by atoms with E-state index in [4.69, 9.17) is 14.2 Å². The lowest BCUT2D eigenvalue weighted by molar-refractivity contribution is -0.149. The van der Waals surface area contributed by atoms with Crippen molar-refractivity contribution >= 4 is 17.8 Å². The molecule has 0 heterocycles. The summed E-state index contributed by atoms with van der Waals surface area (Å²) in [5.74, 6) is -2.57. The molecule has 0 saturated heterocycles. The topological polar surface area (TPSA) is 123 Å². The minimum Gasteiger partial charge on any atom is -0.493 e. The van der Waals surface area contributed by atoms with Crippen molar-refractivity contribution in [1.29, 1.82) is 0 Å². The van der Waals surface area contributed by atoms with E-state index < -0.39 is 29.6 Å². The van der Waals surface area contributed by atoms with Crippen molar-refractivity contribution < 1.29 is 33.7 Å². The minimum atomic E-state index is -0.995. The molecule has 1 saturated carbocycles. The highest BCUT2D eigenvalue weighted by Gasteiger charge is 2.35. The van der Waals surface area contributed by atoms with Crippen LogP contribution < -0.4 is 25.1 Å². The number of amides is 2. The molecule has 2 amide bonds. The first-order chi connectivity index (χ1) is 12.9. The average molecular weight is 380 g/mol. The van der Waals surface area contributed by atoms with Gasteiger partial charge in [0, 0.05) is 5.56 Å². The summed E-state index contributed by atoms with van der Waals surface area (Å²) >= 11 is 0. The third-order valence-electron chi connectivity index (χ3n) is 4.65. The van der Waals surface area contributed by atoms with Gasteiger partial charge in [-0.1, -0.05) is 12.8 Å². The Kier molecular flexibility index (Phi) is 6.86. The van der Waals surface area contributed by atoms with Gasteiger partial charge in [-0.15, -0.1) is 0 Å². The second-order valence-electron chi connectivity index (χ2n) is 6.19. The number of methoxy groups -OCH3 is 3. The van der Waals surface area contributed by atoms with E-state index in [1.165, 1.54) is 33.5 Å². The fraction of sp³-hybridized carbons (Fsp3) is 0.500. The van der Waals surface area contributed by atoms with Crippen LogP contribution in [-0.2, 0) is 9.59 Å². The van der Waals surface area contributed by atoms with Crippen molar-refractivity contribution in [1.82, 2.24) is 10.9 Å². The number of hydrazine groups is 1. The second kappa shape index (κ2) is 9.11. The maximum Gasteiger partial charge on any atom is 0.307 e. The van der Waals surface area contributed by atoms with Gasteiger partial charge in [-0.25, -0.2) is 0 Å². The molecule has 9 heteroatoms.